The molecular weight excluding hydrogens is 226 g/mol. The first-order valence-electron chi connectivity index (χ1n) is 5.97. The zero-order valence-electron chi connectivity index (χ0n) is 10.2. The van der Waals surface area contributed by atoms with Crippen LogP contribution in [-0.2, 0) is 10.0 Å². The SMILES string of the molecule is CC(C)(CCO)CNS(=O)(=O)C1CCCC1. The maximum atomic E-state index is 11.9. The topological polar surface area (TPSA) is 66.4 Å². The molecule has 0 spiro atoms. The molecule has 0 aliphatic heterocycles. The Bertz CT molecular complexity index is 305. The van der Waals surface area contributed by atoms with Crippen molar-refractivity contribution in [1.29, 1.82) is 0 Å². The van der Waals surface area contributed by atoms with Crippen molar-refractivity contribution >= 4 is 10.0 Å². The van der Waals surface area contributed by atoms with E-state index < -0.39 is 10.0 Å². The second-order valence-corrected chi connectivity index (χ2v) is 7.46. The van der Waals surface area contributed by atoms with Crippen molar-refractivity contribution in [2.24, 2.45) is 5.41 Å². The van der Waals surface area contributed by atoms with Gasteiger partial charge in [0, 0.05) is 13.2 Å². The van der Waals surface area contributed by atoms with Crippen LogP contribution in [0.4, 0.5) is 0 Å². The first-order valence-corrected chi connectivity index (χ1v) is 7.51. The Morgan fingerprint density at radius 3 is 2.38 bits per heavy atom. The Labute approximate surface area is 98.5 Å². The second kappa shape index (κ2) is 5.47. The van der Waals surface area contributed by atoms with Crippen molar-refractivity contribution in [1.82, 2.24) is 4.72 Å². The van der Waals surface area contributed by atoms with Crippen LogP contribution < -0.4 is 4.72 Å². The fourth-order valence-corrected chi connectivity index (χ4v) is 3.79. The highest BCUT2D eigenvalue weighted by Gasteiger charge is 2.30. The second-order valence-electron chi connectivity index (χ2n) is 5.41. The predicted octanol–water partition coefficient (Wildman–Crippen LogP) is 1.26. The quantitative estimate of drug-likeness (QED) is 0.744. The molecule has 16 heavy (non-hydrogen) atoms. The van der Waals surface area contributed by atoms with Gasteiger partial charge in [0.25, 0.3) is 0 Å². The number of nitrogens with one attached hydrogen (secondary N) is 1. The van der Waals surface area contributed by atoms with Crippen LogP contribution in [0.3, 0.4) is 0 Å². The van der Waals surface area contributed by atoms with E-state index in [1.807, 2.05) is 13.8 Å². The van der Waals surface area contributed by atoms with Gasteiger partial charge in [-0.25, -0.2) is 13.1 Å². The molecule has 0 aromatic carbocycles. The fraction of sp³-hybridized carbons (Fsp3) is 1.00. The average Bonchev–Trinajstić information content (AvgIpc) is 2.68. The predicted molar refractivity (Wildman–Crippen MR) is 64.7 cm³/mol. The summed E-state index contributed by atoms with van der Waals surface area (Å²) in [7, 11) is -3.14. The molecular formula is C11H23NO3S. The molecule has 1 fully saturated rings. The smallest absolute Gasteiger partial charge is 0.214 e. The monoisotopic (exact) mass is 249 g/mol. The van der Waals surface area contributed by atoms with Gasteiger partial charge in [-0.1, -0.05) is 26.7 Å². The minimum Gasteiger partial charge on any atom is -0.396 e. The molecule has 1 rings (SSSR count). The lowest BCUT2D eigenvalue weighted by Gasteiger charge is -2.24. The zero-order chi connectivity index (χ0) is 12.2. The molecule has 96 valence electrons. The summed E-state index contributed by atoms with van der Waals surface area (Å²) in [6.45, 7) is 4.42. The van der Waals surface area contributed by atoms with Crippen molar-refractivity contribution in [2.45, 2.75) is 51.2 Å². The van der Waals surface area contributed by atoms with E-state index >= 15 is 0 Å². The van der Waals surface area contributed by atoms with Crippen molar-refractivity contribution < 1.29 is 13.5 Å². The third-order valence-electron chi connectivity index (χ3n) is 3.28. The van der Waals surface area contributed by atoms with Crippen LogP contribution in [0.5, 0.6) is 0 Å². The minimum atomic E-state index is -3.14. The Hall–Kier alpha value is -0.130. The number of hydrogen-bond acceptors (Lipinski definition) is 3. The van der Waals surface area contributed by atoms with Gasteiger partial charge in [0.15, 0.2) is 0 Å². The van der Waals surface area contributed by atoms with Gasteiger partial charge in [-0.15, -0.1) is 0 Å². The highest BCUT2D eigenvalue weighted by molar-refractivity contribution is 7.90. The first-order chi connectivity index (χ1) is 7.37. The number of hydrogen-bond donors (Lipinski definition) is 2. The molecule has 1 aliphatic carbocycles. The third-order valence-corrected chi connectivity index (χ3v) is 5.18. The molecule has 2 N–H and O–H groups in total. The number of rotatable bonds is 6. The summed E-state index contributed by atoms with van der Waals surface area (Å²) in [6.07, 6.45) is 4.23. The maximum Gasteiger partial charge on any atom is 0.214 e. The highest BCUT2D eigenvalue weighted by atomic mass is 32.2. The van der Waals surface area contributed by atoms with Crippen molar-refractivity contribution in [3.05, 3.63) is 0 Å². The molecule has 0 atom stereocenters. The maximum absolute atomic E-state index is 11.9. The summed E-state index contributed by atoms with van der Waals surface area (Å²) < 4.78 is 26.5. The largest absolute Gasteiger partial charge is 0.396 e. The van der Waals surface area contributed by atoms with E-state index in [4.69, 9.17) is 5.11 Å². The molecule has 0 bridgehead atoms. The lowest BCUT2D eigenvalue weighted by atomic mass is 9.90. The summed E-state index contributed by atoms with van der Waals surface area (Å²) >= 11 is 0. The Kier molecular flexibility index (Phi) is 4.76. The molecule has 0 heterocycles. The molecule has 0 amide bonds. The van der Waals surface area contributed by atoms with Gasteiger partial charge in [-0.2, -0.15) is 0 Å². The molecule has 0 aromatic heterocycles. The molecule has 0 aromatic rings. The van der Waals surface area contributed by atoms with Crippen molar-refractivity contribution in [2.75, 3.05) is 13.2 Å². The fourth-order valence-electron chi connectivity index (χ4n) is 2.00. The lowest BCUT2D eigenvalue weighted by molar-refractivity contribution is 0.213. The number of aliphatic hydroxyl groups is 1. The number of aliphatic hydroxyl groups excluding tert-OH is 1. The van der Waals surface area contributed by atoms with Crippen LogP contribution in [0.15, 0.2) is 0 Å². The van der Waals surface area contributed by atoms with Gasteiger partial charge in [-0.3, -0.25) is 0 Å². The van der Waals surface area contributed by atoms with Crippen LogP contribution in [-0.4, -0.2) is 31.9 Å². The van der Waals surface area contributed by atoms with E-state index in [1.54, 1.807) is 0 Å². The van der Waals surface area contributed by atoms with E-state index in [0.29, 0.717) is 13.0 Å². The van der Waals surface area contributed by atoms with E-state index in [1.165, 1.54) is 0 Å². The highest BCUT2D eigenvalue weighted by Crippen LogP contribution is 2.25. The van der Waals surface area contributed by atoms with Gasteiger partial charge in [0.2, 0.25) is 10.0 Å². The van der Waals surface area contributed by atoms with E-state index in [2.05, 4.69) is 4.72 Å². The molecule has 0 unspecified atom stereocenters. The standard InChI is InChI=1S/C11H23NO3S/c1-11(2,7-8-13)9-12-16(14,15)10-5-3-4-6-10/h10,12-13H,3-9H2,1-2H3. The summed E-state index contributed by atoms with van der Waals surface area (Å²) in [6, 6.07) is 0. The van der Waals surface area contributed by atoms with Crippen LogP contribution in [0.2, 0.25) is 0 Å². The van der Waals surface area contributed by atoms with Gasteiger partial charge in [0.1, 0.15) is 0 Å². The van der Waals surface area contributed by atoms with Crippen molar-refractivity contribution in [3.63, 3.8) is 0 Å². The van der Waals surface area contributed by atoms with Gasteiger partial charge < -0.3 is 5.11 Å². The lowest BCUT2D eigenvalue weighted by Crippen LogP contribution is -2.39. The Morgan fingerprint density at radius 1 is 1.31 bits per heavy atom. The molecule has 5 heteroatoms. The minimum absolute atomic E-state index is 0.0954. The van der Waals surface area contributed by atoms with Gasteiger partial charge in [-0.05, 0) is 24.7 Å². The van der Waals surface area contributed by atoms with Crippen LogP contribution in [0.25, 0.3) is 0 Å². The molecule has 0 saturated heterocycles. The molecule has 1 aliphatic rings. The third kappa shape index (κ3) is 4.03. The van der Waals surface area contributed by atoms with E-state index in [-0.39, 0.29) is 17.3 Å². The summed E-state index contributed by atoms with van der Waals surface area (Å²) in [5.41, 5.74) is -0.180. The zero-order valence-corrected chi connectivity index (χ0v) is 11.0. The Morgan fingerprint density at radius 2 is 1.88 bits per heavy atom. The van der Waals surface area contributed by atoms with Gasteiger partial charge in [0.05, 0.1) is 5.25 Å². The number of sulfonamides is 1. The van der Waals surface area contributed by atoms with Crippen LogP contribution in [0.1, 0.15) is 46.0 Å². The molecule has 1 saturated carbocycles. The van der Waals surface area contributed by atoms with E-state index in [0.717, 1.165) is 25.7 Å². The summed E-state index contributed by atoms with van der Waals surface area (Å²) in [4.78, 5) is 0. The summed E-state index contributed by atoms with van der Waals surface area (Å²) in [5, 5.41) is 8.67. The molecule has 0 radical (unpaired) electrons. The average molecular weight is 249 g/mol. The van der Waals surface area contributed by atoms with Crippen LogP contribution >= 0.6 is 0 Å². The van der Waals surface area contributed by atoms with E-state index in [9.17, 15) is 8.42 Å². The summed E-state index contributed by atoms with van der Waals surface area (Å²) in [5.74, 6) is 0. The normalized spacial score (nSPS) is 19.2. The van der Waals surface area contributed by atoms with Gasteiger partial charge >= 0.3 is 0 Å². The van der Waals surface area contributed by atoms with Crippen molar-refractivity contribution in [3.8, 4) is 0 Å². The first kappa shape index (κ1) is 13.9. The van der Waals surface area contributed by atoms with Crippen LogP contribution in [0, 0.1) is 5.41 Å². The molecule has 4 nitrogen and oxygen atoms in total. The Balaban J connectivity index is 2.47.